The molecular formula is C21H21F3N2O5S. The van der Waals surface area contributed by atoms with Crippen LogP contribution in [0.2, 0.25) is 0 Å². The topological polar surface area (TPSA) is 84.9 Å². The van der Waals surface area contributed by atoms with Crippen molar-refractivity contribution in [2.45, 2.75) is 11.1 Å². The van der Waals surface area contributed by atoms with E-state index in [-0.39, 0.29) is 42.6 Å². The zero-order valence-corrected chi connectivity index (χ0v) is 17.7. The van der Waals surface area contributed by atoms with Crippen molar-refractivity contribution >= 4 is 27.7 Å². The van der Waals surface area contributed by atoms with Gasteiger partial charge in [0.1, 0.15) is 5.75 Å². The Bertz CT molecular complexity index is 1070. The molecule has 11 heteroatoms. The van der Waals surface area contributed by atoms with Gasteiger partial charge in [0.2, 0.25) is 15.9 Å². The summed E-state index contributed by atoms with van der Waals surface area (Å²) in [6, 6.07) is 12.2. The molecule has 32 heavy (non-hydrogen) atoms. The molecule has 1 aliphatic rings. The van der Waals surface area contributed by atoms with Crippen molar-refractivity contribution in [1.82, 2.24) is 4.31 Å². The summed E-state index contributed by atoms with van der Waals surface area (Å²) < 4.78 is 74.8. The van der Waals surface area contributed by atoms with E-state index in [9.17, 15) is 26.4 Å². The molecule has 3 rings (SSSR count). The number of ether oxygens (including phenoxy) is 2. The molecule has 1 heterocycles. The van der Waals surface area contributed by atoms with Crippen LogP contribution in [0.1, 0.15) is 5.56 Å². The first-order valence-corrected chi connectivity index (χ1v) is 11.0. The number of amides is 1. The van der Waals surface area contributed by atoms with Crippen molar-refractivity contribution in [3.8, 4) is 5.75 Å². The fraction of sp³-hybridized carbons (Fsp3) is 0.286. The van der Waals surface area contributed by atoms with Crippen LogP contribution in [0.3, 0.4) is 0 Å². The number of rotatable bonds is 7. The van der Waals surface area contributed by atoms with Gasteiger partial charge in [0.15, 0.2) is 6.61 Å². The summed E-state index contributed by atoms with van der Waals surface area (Å²) in [5.74, 6) is -0.962. The summed E-state index contributed by atoms with van der Waals surface area (Å²) in [7, 11) is -3.93. The average molecular weight is 470 g/mol. The minimum absolute atomic E-state index is 0.149. The number of nitrogens with zero attached hydrogens (tertiary/aromatic N) is 1. The molecule has 2 aromatic carbocycles. The maximum Gasteiger partial charge on any atom is 0.422 e. The number of alkyl halides is 3. The van der Waals surface area contributed by atoms with Crippen LogP contribution >= 0.6 is 0 Å². The Labute approximate surface area is 183 Å². The molecule has 1 saturated heterocycles. The third-order valence-corrected chi connectivity index (χ3v) is 6.33. The molecule has 2 aromatic rings. The van der Waals surface area contributed by atoms with Crippen molar-refractivity contribution in [3.05, 3.63) is 60.2 Å². The van der Waals surface area contributed by atoms with Crippen molar-refractivity contribution in [3.63, 3.8) is 0 Å². The minimum atomic E-state index is -4.60. The molecule has 1 aliphatic heterocycles. The number of morpholine rings is 1. The lowest BCUT2D eigenvalue weighted by Crippen LogP contribution is -2.40. The number of anilines is 1. The van der Waals surface area contributed by atoms with Crippen molar-refractivity contribution in [2.75, 3.05) is 38.2 Å². The van der Waals surface area contributed by atoms with Crippen LogP contribution in [0.5, 0.6) is 5.75 Å². The quantitative estimate of drug-likeness (QED) is 0.628. The zero-order valence-electron chi connectivity index (χ0n) is 16.8. The Balaban J connectivity index is 1.86. The van der Waals surface area contributed by atoms with Crippen LogP contribution in [-0.2, 0) is 19.6 Å². The van der Waals surface area contributed by atoms with Gasteiger partial charge >= 0.3 is 6.18 Å². The Morgan fingerprint density at radius 2 is 1.81 bits per heavy atom. The Kier molecular flexibility index (Phi) is 7.54. The molecule has 0 bridgehead atoms. The average Bonchev–Trinajstić information content (AvgIpc) is 2.77. The molecule has 0 aromatic heterocycles. The normalized spacial score (nSPS) is 15.6. The van der Waals surface area contributed by atoms with Crippen LogP contribution in [0.25, 0.3) is 6.08 Å². The van der Waals surface area contributed by atoms with Crippen LogP contribution in [0.4, 0.5) is 18.9 Å². The summed E-state index contributed by atoms with van der Waals surface area (Å²) >= 11 is 0. The van der Waals surface area contributed by atoms with Gasteiger partial charge in [-0.25, -0.2) is 8.42 Å². The minimum Gasteiger partial charge on any atom is -0.482 e. The molecule has 1 N–H and O–H groups in total. The molecule has 0 saturated carbocycles. The van der Waals surface area contributed by atoms with Crippen molar-refractivity contribution in [1.29, 1.82) is 0 Å². The highest BCUT2D eigenvalue weighted by molar-refractivity contribution is 7.89. The lowest BCUT2D eigenvalue weighted by atomic mass is 10.2. The molecule has 0 aliphatic carbocycles. The smallest absolute Gasteiger partial charge is 0.422 e. The summed E-state index contributed by atoms with van der Waals surface area (Å²) in [5, 5.41) is 2.41. The number of hydrogen-bond acceptors (Lipinski definition) is 5. The lowest BCUT2D eigenvalue weighted by molar-refractivity contribution is -0.153. The van der Waals surface area contributed by atoms with Crippen LogP contribution in [0, 0.1) is 0 Å². The highest BCUT2D eigenvalue weighted by Gasteiger charge is 2.30. The Morgan fingerprint density at radius 1 is 1.12 bits per heavy atom. The van der Waals surface area contributed by atoms with E-state index in [0.29, 0.717) is 0 Å². The predicted molar refractivity (Wildman–Crippen MR) is 112 cm³/mol. The largest absolute Gasteiger partial charge is 0.482 e. The lowest BCUT2D eigenvalue weighted by Gasteiger charge is -2.26. The Morgan fingerprint density at radius 3 is 2.47 bits per heavy atom. The second-order valence-corrected chi connectivity index (χ2v) is 8.75. The second-order valence-electron chi connectivity index (χ2n) is 6.81. The number of benzene rings is 2. The predicted octanol–water partition coefficient (Wildman–Crippen LogP) is 3.30. The van der Waals surface area contributed by atoms with Gasteiger partial charge in [-0.1, -0.05) is 30.3 Å². The van der Waals surface area contributed by atoms with E-state index < -0.39 is 28.7 Å². The fourth-order valence-corrected chi connectivity index (χ4v) is 4.33. The summed E-state index contributed by atoms with van der Waals surface area (Å²) in [6.45, 7) is -0.822. The number of halogens is 3. The van der Waals surface area contributed by atoms with E-state index in [1.54, 1.807) is 24.3 Å². The van der Waals surface area contributed by atoms with Gasteiger partial charge in [0, 0.05) is 19.2 Å². The van der Waals surface area contributed by atoms with E-state index in [1.165, 1.54) is 16.5 Å². The van der Waals surface area contributed by atoms with Crippen molar-refractivity contribution < 1.29 is 35.9 Å². The highest BCUT2D eigenvalue weighted by Crippen LogP contribution is 2.31. The summed E-state index contributed by atoms with van der Waals surface area (Å²) in [6.07, 6.45) is -1.90. The monoisotopic (exact) mass is 470 g/mol. The number of nitrogens with one attached hydrogen (secondary N) is 1. The molecule has 0 radical (unpaired) electrons. The standard InChI is InChI=1S/C21H21F3N2O5S/c22-21(23,24)15-31-19-8-7-17(32(28,29)26-10-12-30-13-11-26)14-18(19)25-20(27)9-6-16-4-2-1-3-5-16/h1-9,14H,10-13,15H2,(H,25,27)/b9-6+. The van der Waals surface area contributed by atoms with Gasteiger partial charge in [-0.2, -0.15) is 17.5 Å². The molecule has 0 atom stereocenters. The maximum atomic E-state index is 12.9. The first-order chi connectivity index (χ1) is 15.1. The van der Waals surface area contributed by atoms with E-state index in [1.807, 2.05) is 6.07 Å². The first-order valence-electron chi connectivity index (χ1n) is 9.61. The molecule has 0 spiro atoms. The van der Waals surface area contributed by atoms with Crippen molar-refractivity contribution in [2.24, 2.45) is 0 Å². The van der Waals surface area contributed by atoms with Gasteiger partial charge in [-0.3, -0.25) is 4.79 Å². The molecule has 172 valence electrons. The third kappa shape index (κ3) is 6.55. The van der Waals surface area contributed by atoms with Gasteiger partial charge in [0.25, 0.3) is 0 Å². The molecule has 1 fully saturated rings. The second kappa shape index (κ2) is 10.2. The van der Waals surface area contributed by atoms with E-state index in [4.69, 9.17) is 9.47 Å². The van der Waals surface area contributed by atoms with Gasteiger partial charge in [-0.05, 0) is 29.8 Å². The van der Waals surface area contributed by atoms with Gasteiger partial charge in [0.05, 0.1) is 23.8 Å². The molecular weight excluding hydrogens is 449 g/mol. The third-order valence-electron chi connectivity index (χ3n) is 4.43. The van der Waals surface area contributed by atoms with Crippen LogP contribution < -0.4 is 10.1 Å². The van der Waals surface area contributed by atoms with E-state index in [0.717, 1.165) is 23.8 Å². The fourth-order valence-electron chi connectivity index (χ4n) is 2.90. The number of carbonyl (C=O) groups excluding carboxylic acids is 1. The van der Waals surface area contributed by atoms with Gasteiger partial charge < -0.3 is 14.8 Å². The Hall–Kier alpha value is -2.89. The van der Waals surface area contributed by atoms with E-state index in [2.05, 4.69) is 5.32 Å². The van der Waals surface area contributed by atoms with Crippen LogP contribution in [0.15, 0.2) is 59.5 Å². The van der Waals surface area contributed by atoms with Gasteiger partial charge in [-0.15, -0.1) is 0 Å². The van der Waals surface area contributed by atoms with E-state index >= 15 is 0 Å². The summed E-state index contributed by atoms with van der Waals surface area (Å²) in [5.41, 5.74) is 0.547. The molecule has 0 unspecified atom stereocenters. The summed E-state index contributed by atoms with van der Waals surface area (Å²) in [4.78, 5) is 12.2. The number of sulfonamides is 1. The number of carbonyl (C=O) groups is 1. The molecule has 7 nitrogen and oxygen atoms in total. The SMILES string of the molecule is O=C(/C=C/c1ccccc1)Nc1cc(S(=O)(=O)N2CCOCC2)ccc1OCC(F)(F)F. The zero-order chi connectivity index (χ0) is 23.2. The highest BCUT2D eigenvalue weighted by atomic mass is 32.2. The molecule has 1 amide bonds. The first kappa shape index (κ1) is 23.8. The number of hydrogen-bond donors (Lipinski definition) is 1. The maximum absolute atomic E-state index is 12.9. The van der Waals surface area contributed by atoms with Crippen LogP contribution in [-0.4, -0.2) is 57.7 Å².